The molecule has 0 N–H and O–H groups in total. The smallest absolute Gasteiger partial charge is 0.0260 e. The Balaban J connectivity index is 2.01. The normalized spacial score (nSPS) is 45.3. The summed E-state index contributed by atoms with van der Waals surface area (Å²) in [6, 6.07) is 1.94. The molecule has 1 saturated heterocycles. The molecule has 0 amide bonds. The monoisotopic (exact) mass is 139 g/mol. The molecule has 2 fully saturated rings. The van der Waals surface area contributed by atoms with Crippen LogP contribution in [-0.4, -0.2) is 22.5 Å². The van der Waals surface area contributed by atoms with E-state index < -0.39 is 0 Å². The van der Waals surface area contributed by atoms with E-state index in [2.05, 4.69) is 25.7 Å². The summed E-state index contributed by atoms with van der Waals surface area (Å²) < 4.78 is 0. The van der Waals surface area contributed by atoms with Crippen LogP contribution in [0.4, 0.5) is 0 Å². The van der Waals surface area contributed by atoms with Crippen LogP contribution in [0, 0.1) is 0 Å². The second kappa shape index (κ2) is 1.76. The molecule has 0 spiro atoms. The molecule has 1 aliphatic heterocycles. The highest BCUT2D eigenvalue weighted by Gasteiger charge is 2.54. The van der Waals surface area contributed by atoms with Gasteiger partial charge in [0.2, 0.25) is 0 Å². The van der Waals surface area contributed by atoms with Crippen molar-refractivity contribution in [3.8, 4) is 0 Å². The van der Waals surface area contributed by atoms with Crippen LogP contribution in [0.15, 0.2) is 0 Å². The van der Waals surface area contributed by atoms with E-state index in [1.165, 1.54) is 19.3 Å². The van der Waals surface area contributed by atoms with Crippen LogP contribution in [0.25, 0.3) is 0 Å². The first-order chi connectivity index (χ1) is 4.61. The third kappa shape index (κ3) is 0.800. The molecule has 1 heteroatoms. The van der Waals surface area contributed by atoms with E-state index in [-0.39, 0.29) is 0 Å². The summed E-state index contributed by atoms with van der Waals surface area (Å²) in [5.41, 5.74) is 0.440. The van der Waals surface area contributed by atoms with Crippen LogP contribution >= 0.6 is 0 Å². The molecule has 1 heterocycles. The van der Waals surface area contributed by atoms with E-state index in [0.29, 0.717) is 5.54 Å². The standard InChI is InChI=1S/C9H17N/c1-9(2,3)10-7-5-4-6-8(7)10/h7-8H,4-6H2,1-3H3. The van der Waals surface area contributed by atoms with Crippen molar-refractivity contribution in [2.75, 3.05) is 0 Å². The molecule has 1 aliphatic carbocycles. The Bertz CT molecular complexity index is 135. The highest BCUT2D eigenvalue weighted by Crippen LogP contribution is 2.46. The van der Waals surface area contributed by atoms with Crippen molar-refractivity contribution in [2.45, 2.75) is 57.7 Å². The molecule has 2 rings (SSSR count). The number of hydrogen-bond donors (Lipinski definition) is 0. The minimum Gasteiger partial charge on any atom is -0.289 e. The van der Waals surface area contributed by atoms with Gasteiger partial charge in [0, 0.05) is 17.6 Å². The van der Waals surface area contributed by atoms with Crippen LogP contribution in [0.3, 0.4) is 0 Å². The van der Waals surface area contributed by atoms with Crippen LogP contribution in [-0.2, 0) is 0 Å². The second-order valence-electron chi connectivity index (χ2n) is 4.64. The maximum absolute atomic E-state index is 2.66. The average molecular weight is 139 g/mol. The van der Waals surface area contributed by atoms with Gasteiger partial charge in [0.1, 0.15) is 0 Å². The van der Waals surface area contributed by atoms with Crippen LogP contribution in [0.1, 0.15) is 40.0 Å². The first-order valence-corrected chi connectivity index (χ1v) is 4.39. The molecule has 0 aromatic rings. The van der Waals surface area contributed by atoms with Crippen molar-refractivity contribution in [1.82, 2.24) is 4.90 Å². The van der Waals surface area contributed by atoms with Crippen LogP contribution in [0.5, 0.6) is 0 Å². The van der Waals surface area contributed by atoms with E-state index in [1.54, 1.807) is 0 Å². The van der Waals surface area contributed by atoms with Gasteiger partial charge in [0.05, 0.1) is 0 Å². The molecule has 58 valence electrons. The number of hydrogen-bond acceptors (Lipinski definition) is 1. The van der Waals surface area contributed by atoms with Gasteiger partial charge in [-0.1, -0.05) is 6.42 Å². The predicted molar refractivity (Wildman–Crippen MR) is 43.0 cm³/mol. The summed E-state index contributed by atoms with van der Waals surface area (Å²) in [5, 5.41) is 0. The molecule has 0 bridgehead atoms. The Morgan fingerprint density at radius 2 is 1.60 bits per heavy atom. The third-order valence-corrected chi connectivity index (χ3v) is 2.84. The van der Waals surface area contributed by atoms with E-state index >= 15 is 0 Å². The van der Waals surface area contributed by atoms with Crippen LogP contribution < -0.4 is 0 Å². The fraction of sp³-hybridized carbons (Fsp3) is 1.00. The predicted octanol–water partition coefficient (Wildman–Crippen LogP) is 2.02. The van der Waals surface area contributed by atoms with Gasteiger partial charge in [0.15, 0.2) is 0 Å². The van der Waals surface area contributed by atoms with Gasteiger partial charge in [-0.25, -0.2) is 0 Å². The SMILES string of the molecule is CC(C)(C)N1C2CCCC21. The van der Waals surface area contributed by atoms with E-state index in [9.17, 15) is 0 Å². The summed E-state index contributed by atoms with van der Waals surface area (Å²) in [4.78, 5) is 2.66. The lowest BCUT2D eigenvalue weighted by molar-refractivity contribution is 0.248. The number of likely N-dealkylation sites (tertiary alicyclic amines) is 1. The molecule has 0 aromatic heterocycles. The van der Waals surface area contributed by atoms with Gasteiger partial charge in [-0.3, -0.25) is 4.90 Å². The lowest BCUT2D eigenvalue weighted by Crippen LogP contribution is -2.29. The highest BCUT2D eigenvalue weighted by molar-refractivity contribution is 5.10. The minimum absolute atomic E-state index is 0.440. The molecule has 2 atom stereocenters. The van der Waals surface area contributed by atoms with Crippen molar-refractivity contribution < 1.29 is 0 Å². The van der Waals surface area contributed by atoms with E-state index in [4.69, 9.17) is 0 Å². The van der Waals surface area contributed by atoms with Crippen molar-refractivity contribution in [2.24, 2.45) is 0 Å². The fourth-order valence-electron chi connectivity index (χ4n) is 2.53. The number of nitrogens with zero attached hydrogens (tertiary/aromatic N) is 1. The number of rotatable bonds is 0. The van der Waals surface area contributed by atoms with Gasteiger partial charge in [0.25, 0.3) is 0 Å². The summed E-state index contributed by atoms with van der Waals surface area (Å²) in [5.74, 6) is 0. The summed E-state index contributed by atoms with van der Waals surface area (Å²) in [6.45, 7) is 6.97. The zero-order valence-electron chi connectivity index (χ0n) is 7.22. The maximum Gasteiger partial charge on any atom is 0.0260 e. The summed E-state index contributed by atoms with van der Waals surface area (Å²) in [7, 11) is 0. The molecule has 0 aromatic carbocycles. The second-order valence-corrected chi connectivity index (χ2v) is 4.64. The van der Waals surface area contributed by atoms with E-state index in [0.717, 1.165) is 12.1 Å². The molecule has 0 radical (unpaired) electrons. The maximum atomic E-state index is 2.66. The van der Waals surface area contributed by atoms with Gasteiger partial charge >= 0.3 is 0 Å². The van der Waals surface area contributed by atoms with Gasteiger partial charge in [-0.2, -0.15) is 0 Å². The van der Waals surface area contributed by atoms with Crippen molar-refractivity contribution in [1.29, 1.82) is 0 Å². The first-order valence-electron chi connectivity index (χ1n) is 4.39. The van der Waals surface area contributed by atoms with Gasteiger partial charge < -0.3 is 0 Å². The fourth-order valence-corrected chi connectivity index (χ4v) is 2.53. The van der Waals surface area contributed by atoms with Gasteiger partial charge in [-0.15, -0.1) is 0 Å². The lowest BCUT2D eigenvalue weighted by Gasteiger charge is -2.23. The molecular formula is C9H17N. The first kappa shape index (κ1) is 6.66. The number of fused-ring (bicyclic) bond motifs is 1. The zero-order valence-corrected chi connectivity index (χ0v) is 7.22. The third-order valence-electron chi connectivity index (χ3n) is 2.84. The summed E-state index contributed by atoms with van der Waals surface area (Å²) >= 11 is 0. The molecule has 1 nitrogen and oxygen atoms in total. The van der Waals surface area contributed by atoms with Crippen LogP contribution in [0.2, 0.25) is 0 Å². The summed E-state index contributed by atoms with van der Waals surface area (Å²) in [6.07, 6.45) is 4.39. The van der Waals surface area contributed by atoms with Crippen molar-refractivity contribution >= 4 is 0 Å². The van der Waals surface area contributed by atoms with Crippen molar-refractivity contribution in [3.63, 3.8) is 0 Å². The molecule has 2 aliphatic rings. The zero-order chi connectivity index (χ0) is 7.35. The topological polar surface area (TPSA) is 3.01 Å². The number of piperidine rings is 1. The Morgan fingerprint density at radius 3 is 1.90 bits per heavy atom. The average Bonchev–Trinajstić information content (AvgIpc) is 2.30. The molecule has 10 heavy (non-hydrogen) atoms. The molecule has 2 unspecified atom stereocenters. The minimum atomic E-state index is 0.440. The quantitative estimate of drug-likeness (QED) is 0.464. The van der Waals surface area contributed by atoms with E-state index in [1.807, 2.05) is 0 Å². The Morgan fingerprint density at radius 1 is 1.10 bits per heavy atom. The van der Waals surface area contributed by atoms with Crippen molar-refractivity contribution in [3.05, 3.63) is 0 Å². The Hall–Kier alpha value is -0.0400. The lowest BCUT2D eigenvalue weighted by atomic mass is 10.1. The Labute approximate surface area is 63.4 Å². The van der Waals surface area contributed by atoms with Gasteiger partial charge in [-0.05, 0) is 33.6 Å². The molecular weight excluding hydrogens is 122 g/mol. The Kier molecular flexibility index (Phi) is 1.17. The highest BCUT2D eigenvalue weighted by atomic mass is 15.4. The molecule has 1 saturated carbocycles. The largest absolute Gasteiger partial charge is 0.289 e.